The van der Waals surface area contributed by atoms with Gasteiger partial charge in [0.05, 0.1) is 5.69 Å². The molecule has 1 aliphatic rings. The molecule has 1 amide bonds. The van der Waals surface area contributed by atoms with Gasteiger partial charge in [-0.15, -0.1) is 0 Å². The average Bonchev–Trinajstić information content (AvgIpc) is 2.83. The molecule has 3 rings (SSSR count). The summed E-state index contributed by atoms with van der Waals surface area (Å²) in [5.74, 6) is 0.0401. The van der Waals surface area contributed by atoms with Crippen LogP contribution in [0.15, 0.2) is 28.7 Å². The van der Waals surface area contributed by atoms with Crippen LogP contribution in [0, 0.1) is 0 Å². The van der Waals surface area contributed by atoms with Crippen LogP contribution in [0.3, 0.4) is 0 Å². The maximum absolute atomic E-state index is 12.5. The first kappa shape index (κ1) is 12.6. The van der Waals surface area contributed by atoms with Gasteiger partial charge >= 0.3 is 0 Å². The summed E-state index contributed by atoms with van der Waals surface area (Å²) in [6.45, 7) is 0.676. The molecule has 19 heavy (non-hydrogen) atoms. The Kier molecular flexibility index (Phi) is 3.28. The zero-order valence-electron chi connectivity index (χ0n) is 10.3. The predicted molar refractivity (Wildman–Crippen MR) is 81.2 cm³/mol. The number of aromatic nitrogens is 1. The van der Waals surface area contributed by atoms with Crippen LogP contribution < -0.4 is 10.2 Å². The molecule has 2 aromatic rings. The fourth-order valence-corrected chi connectivity index (χ4v) is 3.43. The van der Waals surface area contributed by atoms with Crippen molar-refractivity contribution in [2.75, 3.05) is 23.8 Å². The Balaban J connectivity index is 1.97. The molecule has 0 saturated heterocycles. The Morgan fingerprint density at radius 2 is 2.32 bits per heavy atom. The Hall–Kier alpha value is -1.40. The SMILES string of the molecule is CNc1nc2c(s1)C(=O)N(c1cccc(Br)c1)CC2. The molecule has 1 aliphatic heterocycles. The van der Waals surface area contributed by atoms with Crippen molar-refractivity contribution in [1.82, 2.24) is 4.98 Å². The molecule has 1 N–H and O–H groups in total. The highest BCUT2D eigenvalue weighted by atomic mass is 79.9. The molecule has 0 spiro atoms. The third-order valence-electron chi connectivity index (χ3n) is 3.04. The third kappa shape index (κ3) is 2.26. The number of fused-ring (bicyclic) bond motifs is 1. The van der Waals surface area contributed by atoms with Gasteiger partial charge in [0.15, 0.2) is 5.13 Å². The largest absolute Gasteiger partial charge is 0.365 e. The van der Waals surface area contributed by atoms with Gasteiger partial charge in [0.1, 0.15) is 4.88 Å². The van der Waals surface area contributed by atoms with Crippen LogP contribution in [-0.2, 0) is 6.42 Å². The normalized spacial score (nSPS) is 14.4. The van der Waals surface area contributed by atoms with Crippen molar-refractivity contribution in [2.45, 2.75) is 6.42 Å². The summed E-state index contributed by atoms with van der Waals surface area (Å²) in [6, 6.07) is 7.81. The molecule has 1 aromatic heterocycles. The second-order valence-corrected chi connectivity index (χ2v) is 6.15. The van der Waals surface area contributed by atoms with E-state index in [1.165, 1.54) is 11.3 Å². The van der Waals surface area contributed by atoms with Gasteiger partial charge in [-0.2, -0.15) is 0 Å². The molecular weight excluding hydrogens is 326 g/mol. The molecule has 6 heteroatoms. The van der Waals surface area contributed by atoms with Gasteiger partial charge < -0.3 is 10.2 Å². The summed E-state index contributed by atoms with van der Waals surface area (Å²) in [7, 11) is 1.82. The molecule has 0 fully saturated rings. The summed E-state index contributed by atoms with van der Waals surface area (Å²) in [6.07, 6.45) is 0.797. The number of thiazole rings is 1. The second-order valence-electron chi connectivity index (χ2n) is 4.23. The number of carbonyl (C=O) groups excluding carboxylic acids is 1. The van der Waals surface area contributed by atoms with Crippen molar-refractivity contribution < 1.29 is 4.79 Å². The minimum absolute atomic E-state index is 0.0401. The van der Waals surface area contributed by atoms with Crippen LogP contribution in [0.1, 0.15) is 15.4 Å². The molecule has 0 unspecified atom stereocenters. The Morgan fingerprint density at radius 1 is 1.47 bits per heavy atom. The highest BCUT2D eigenvalue weighted by Crippen LogP contribution is 2.31. The smallest absolute Gasteiger partial charge is 0.270 e. The highest BCUT2D eigenvalue weighted by Gasteiger charge is 2.29. The van der Waals surface area contributed by atoms with Crippen LogP contribution in [0.2, 0.25) is 0 Å². The van der Waals surface area contributed by atoms with E-state index >= 15 is 0 Å². The number of hydrogen-bond donors (Lipinski definition) is 1. The molecule has 0 atom stereocenters. The lowest BCUT2D eigenvalue weighted by Crippen LogP contribution is -2.36. The van der Waals surface area contributed by atoms with Crippen LogP contribution in [0.5, 0.6) is 0 Å². The van der Waals surface area contributed by atoms with E-state index in [0.29, 0.717) is 6.54 Å². The summed E-state index contributed by atoms with van der Waals surface area (Å²) in [5, 5.41) is 3.80. The van der Waals surface area contributed by atoms with Crippen LogP contribution >= 0.6 is 27.3 Å². The molecule has 4 nitrogen and oxygen atoms in total. The van der Waals surface area contributed by atoms with E-state index in [1.54, 1.807) is 0 Å². The van der Waals surface area contributed by atoms with Crippen molar-refractivity contribution in [3.8, 4) is 0 Å². The van der Waals surface area contributed by atoms with E-state index in [0.717, 1.165) is 32.3 Å². The van der Waals surface area contributed by atoms with E-state index in [4.69, 9.17) is 0 Å². The van der Waals surface area contributed by atoms with Crippen LogP contribution in [0.4, 0.5) is 10.8 Å². The lowest BCUT2D eigenvalue weighted by atomic mass is 10.1. The number of amides is 1. The van der Waals surface area contributed by atoms with Gasteiger partial charge in [-0.25, -0.2) is 4.98 Å². The highest BCUT2D eigenvalue weighted by molar-refractivity contribution is 9.10. The van der Waals surface area contributed by atoms with Crippen molar-refractivity contribution in [3.63, 3.8) is 0 Å². The Labute approximate surface area is 123 Å². The van der Waals surface area contributed by atoms with Crippen molar-refractivity contribution in [1.29, 1.82) is 0 Å². The van der Waals surface area contributed by atoms with Gasteiger partial charge in [0.25, 0.3) is 5.91 Å². The predicted octanol–water partition coefficient (Wildman–Crippen LogP) is 3.15. The van der Waals surface area contributed by atoms with Crippen LogP contribution in [-0.4, -0.2) is 24.5 Å². The number of nitrogens with one attached hydrogen (secondary N) is 1. The molecule has 1 aromatic carbocycles. The first-order valence-corrected chi connectivity index (χ1v) is 7.55. The van der Waals surface area contributed by atoms with Crippen molar-refractivity contribution in [3.05, 3.63) is 39.3 Å². The van der Waals surface area contributed by atoms with E-state index in [9.17, 15) is 4.79 Å². The molecule has 2 heterocycles. The quantitative estimate of drug-likeness (QED) is 0.915. The number of benzene rings is 1. The second kappa shape index (κ2) is 4.94. The molecule has 0 bridgehead atoms. The van der Waals surface area contributed by atoms with Gasteiger partial charge in [-0.3, -0.25) is 4.79 Å². The molecule has 98 valence electrons. The maximum Gasteiger partial charge on any atom is 0.270 e. The van der Waals surface area contributed by atoms with Crippen LogP contribution in [0.25, 0.3) is 0 Å². The lowest BCUT2D eigenvalue weighted by molar-refractivity contribution is 0.0984. The number of hydrogen-bond acceptors (Lipinski definition) is 4. The maximum atomic E-state index is 12.5. The Morgan fingerprint density at radius 3 is 3.05 bits per heavy atom. The first-order chi connectivity index (χ1) is 9.19. The van der Waals surface area contributed by atoms with Crippen molar-refractivity contribution in [2.24, 2.45) is 0 Å². The number of halogens is 1. The molecule has 0 radical (unpaired) electrons. The minimum Gasteiger partial charge on any atom is -0.365 e. The summed E-state index contributed by atoms with van der Waals surface area (Å²) < 4.78 is 0.976. The van der Waals surface area contributed by atoms with E-state index in [1.807, 2.05) is 36.2 Å². The van der Waals surface area contributed by atoms with E-state index in [-0.39, 0.29) is 5.91 Å². The third-order valence-corrected chi connectivity index (χ3v) is 4.64. The zero-order chi connectivity index (χ0) is 13.4. The monoisotopic (exact) mass is 337 g/mol. The van der Waals surface area contributed by atoms with E-state index in [2.05, 4.69) is 26.2 Å². The number of nitrogens with zero attached hydrogens (tertiary/aromatic N) is 2. The first-order valence-electron chi connectivity index (χ1n) is 5.94. The van der Waals surface area contributed by atoms with Gasteiger partial charge in [-0.05, 0) is 18.2 Å². The number of carbonyl (C=O) groups is 1. The lowest BCUT2D eigenvalue weighted by Gasteiger charge is -2.26. The molecular formula is C13H12BrN3OS. The summed E-state index contributed by atoms with van der Waals surface area (Å²) >= 11 is 4.86. The summed E-state index contributed by atoms with van der Waals surface area (Å²) in [4.78, 5) is 19.5. The number of rotatable bonds is 2. The van der Waals surface area contributed by atoms with Gasteiger partial charge in [0.2, 0.25) is 0 Å². The number of anilines is 2. The fourth-order valence-electron chi connectivity index (χ4n) is 2.13. The average molecular weight is 338 g/mol. The van der Waals surface area contributed by atoms with Gasteiger partial charge in [-0.1, -0.05) is 33.3 Å². The van der Waals surface area contributed by atoms with E-state index < -0.39 is 0 Å². The zero-order valence-corrected chi connectivity index (χ0v) is 12.7. The van der Waals surface area contributed by atoms with Gasteiger partial charge in [0, 0.05) is 30.2 Å². The fraction of sp³-hybridized carbons (Fsp3) is 0.231. The Bertz CT molecular complexity index is 641. The molecule has 0 aliphatic carbocycles. The van der Waals surface area contributed by atoms with Crippen molar-refractivity contribution >= 4 is 44.0 Å². The minimum atomic E-state index is 0.0401. The topological polar surface area (TPSA) is 45.2 Å². The molecule has 0 saturated carbocycles. The summed E-state index contributed by atoms with van der Waals surface area (Å²) in [5.41, 5.74) is 1.83. The standard InChI is InChI=1S/C13H12BrN3OS/c1-15-13-16-10-5-6-17(12(18)11(10)19-13)9-4-2-3-8(14)7-9/h2-4,7H,5-6H2,1H3,(H,15,16).